The van der Waals surface area contributed by atoms with Crippen LogP contribution < -0.4 is 0 Å². The van der Waals surface area contributed by atoms with Crippen LogP contribution in [0, 0.1) is 6.92 Å². The molecule has 0 fully saturated rings. The van der Waals surface area contributed by atoms with E-state index in [-0.39, 0.29) is 4.90 Å². The highest BCUT2D eigenvalue weighted by atomic mass is 32.2. The molecule has 2 aromatic heterocycles. The van der Waals surface area contributed by atoms with Crippen LogP contribution in [0.3, 0.4) is 0 Å². The van der Waals surface area contributed by atoms with Gasteiger partial charge >= 0.3 is 0 Å². The van der Waals surface area contributed by atoms with Crippen molar-refractivity contribution in [3.63, 3.8) is 0 Å². The van der Waals surface area contributed by atoms with Crippen LogP contribution in [0.4, 0.5) is 0 Å². The minimum atomic E-state index is -3.78. The maximum atomic E-state index is 13.1. The number of aliphatic hydroxyl groups is 1. The summed E-state index contributed by atoms with van der Waals surface area (Å²) >= 11 is 0. The van der Waals surface area contributed by atoms with Crippen LogP contribution in [0.15, 0.2) is 72.0 Å². The number of fused-ring (bicyclic) bond motifs is 1. The molecule has 4 rings (SSSR count). The zero-order chi connectivity index (χ0) is 20.8. The number of benzene rings is 2. The van der Waals surface area contributed by atoms with Crippen molar-refractivity contribution in [2.75, 3.05) is 0 Å². The van der Waals surface area contributed by atoms with Crippen molar-refractivity contribution in [3.8, 4) is 11.3 Å². The fourth-order valence-corrected chi connectivity index (χ4v) is 4.48. The largest absolute Gasteiger partial charge is 0.386 e. The van der Waals surface area contributed by atoms with Crippen LogP contribution in [0.25, 0.3) is 22.3 Å². The van der Waals surface area contributed by atoms with Crippen LogP contribution in [0.5, 0.6) is 0 Å². The third-order valence-corrected chi connectivity index (χ3v) is 6.54. The van der Waals surface area contributed by atoms with Gasteiger partial charge in [0.15, 0.2) is 0 Å². The van der Waals surface area contributed by atoms with Crippen LogP contribution >= 0.6 is 0 Å². The molecule has 0 amide bonds. The Labute approximate surface area is 169 Å². The summed E-state index contributed by atoms with van der Waals surface area (Å²) in [7, 11) is -3.78. The predicted molar refractivity (Wildman–Crippen MR) is 112 cm³/mol. The molecule has 0 saturated heterocycles. The summed E-state index contributed by atoms with van der Waals surface area (Å²) in [6, 6.07) is 15.6. The van der Waals surface area contributed by atoms with E-state index in [2.05, 4.69) is 9.97 Å². The number of rotatable bonds is 4. The number of hydrogen-bond donors (Lipinski definition) is 1. The molecule has 2 heterocycles. The van der Waals surface area contributed by atoms with E-state index < -0.39 is 15.6 Å². The monoisotopic (exact) mass is 407 g/mol. The first kappa shape index (κ1) is 19.3. The summed E-state index contributed by atoms with van der Waals surface area (Å²) in [6.45, 7) is 5.31. The number of pyridine rings is 1. The first-order valence-corrected chi connectivity index (χ1v) is 10.6. The van der Waals surface area contributed by atoms with Crippen molar-refractivity contribution in [2.45, 2.75) is 31.3 Å². The van der Waals surface area contributed by atoms with Crippen molar-refractivity contribution in [1.29, 1.82) is 0 Å². The number of aryl methyl sites for hydroxylation is 1. The highest BCUT2D eigenvalue weighted by molar-refractivity contribution is 7.90. The quantitative estimate of drug-likeness (QED) is 0.555. The standard InChI is InChI=1S/C22H21N3O3S/c1-15-7-9-17(10-8-15)29(27,28)25-14-24-21-18(5-4-6-20(21)25)19-13-16(11-12-23-19)22(2,3)26/h4-14,26H,1-3H3. The Morgan fingerprint density at radius 2 is 1.72 bits per heavy atom. The molecule has 0 spiro atoms. The highest BCUT2D eigenvalue weighted by Gasteiger charge is 2.22. The van der Waals surface area contributed by atoms with Gasteiger partial charge in [-0.2, -0.15) is 0 Å². The predicted octanol–water partition coefficient (Wildman–Crippen LogP) is 3.87. The minimum Gasteiger partial charge on any atom is -0.386 e. The maximum Gasteiger partial charge on any atom is 0.269 e. The molecule has 29 heavy (non-hydrogen) atoms. The Bertz CT molecular complexity index is 1300. The summed E-state index contributed by atoms with van der Waals surface area (Å²) < 4.78 is 27.4. The van der Waals surface area contributed by atoms with Crippen molar-refractivity contribution in [1.82, 2.24) is 13.9 Å². The van der Waals surface area contributed by atoms with E-state index in [4.69, 9.17) is 0 Å². The molecule has 2 aromatic carbocycles. The van der Waals surface area contributed by atoms with Gasteiger partial charge < -0.3 is 5.11 Å². The average Bonchev–Trinajstić information content (AvgIpc) is 3.13. The maximum absolute atomic E-state index is 13.1. The zero-order valence-corrected chi connectivity index (χ0v) is 17.2. The Balaban J connectivity index is 1.88. The number of aromatic nitrogens is 3. The molecule has 4 aromatic rings. The normalized spacial score (nSPS) is 12.4. The van der Waals surface area contributed by atoms with Gasteiger partial charge in [0.1, 0.15) is 6.33 Å². The molecule has 148 valence electrons. The van der Waals surface area contributed by atoms with Crippen molar-refractivity contribution in [2.24, 2.45) is 0 Å². The number of nitrogens with zero attached hydrogens (tertiary/aromatic N) is 3. The lowest BCUT2D eigenvalue weighted by molar-refractivity contribution is 0.0785. The second-order valence-corrected chi connectivity index (χ2v) is 9.34. The van der Waals surface area contributed by atoms with E-state index in [0.717, 1.165) is 5.56 Å². The third kappa shape index (κ3) is 3.43. The van der Waals surface area contributed by atoms with Gasteiger partial charge in [-0.1, -0.05) is 29.8 Å². The molecule has 0 aliphatic rings. The van der Waals surface area contributed by atoms with E-state index in [1.165, 1.54) is 10.3 Å². The van der Waals surface area contributed by atoms with Crippen molar-refractivity contribution < 1.29 is 13.5 Å². The highest BCUT2D eigenvalue weighted by Crippen LogP contribution is 2.30. The number of hydrogen-bond acceptors (Lipinski definition) is 5. The van der Waals surface area contributed by atoms with Crippen molar-refractivity contribution in [3.05, 3.63) is 78.2 Å². The molecule has 0 aliphatic heterocycles. The van der Waals surface area contributed by atoms with Crippen molar-refractivity contribution >= 4 is 21.1 Å². The Kier molecular flexibility index (Phi) is 4.52. The van der Waals surface area contributed by atoms with E-state index in [1.54, 1.807) is 68.6 Å². The van der Waals surface area contributed by atoms with Gasteiger partial charge in [0.2, 0.25) is 0 Å². The Morgan fingerprint density at radius 3 is 2.41 bits per heavy atom. The van der Waals surface area contributed by atoms with Crippen LogP contribution in [-0.4, -0.2) is 27.5 Å². The average molecular weight is 407 g/mol. The van der Waals surface area contributed by atoms with E-state index in [9.17, 15) is 13.5 Å². The lowest BCUT2D eigenvalue weighted by Gasteiger charge is -2.18. The lowest BCUT2D eigenvalue weighted by atomic mass is 9.97. The lowest BCUT2D eigenvalue weighted by Crippen LogP contribution is -2.15. The zero-order valence-electron chi connectivity index (χ0n) is 16.4. The van der Waals surface area contributed by atoms with Crippen LogP contribution in [0.2, 0.25) is 0 Å². The van der Waals surface area contributed by atoms with Gasteiger partial charge in [0.25, 0.3) is 10.0 Å². The molecule has 0 atom stereocenters. The first-order valence-electron chi connectivity index (χ1n) is 9.15. The van der Waals surface area contributed by atoms with Gasteiger partial charge in [-0.3, -0.25) is 4.98 Å². The molecule has 0 saturated carbocycles. The molecule has 0 unspecified atom stereocenters. The number of imidazole rings is 1. The third-order valence-electron chi connectivity index (χ3n) is 4.86. The van der Waals surface area contributed by atoms with Gasteiger partial charge in [-0.15, -0.1) is 0 Å². The fraction of sp³-hybridized carbons (Fsp3) is 0.182. The summed E-state index contributed by atoms with van der Waals surface area (Å²) in [5, 5.41) is 10.3. The topological polar surface area (TPSA) is 85.1 Å². The minimum absolute atomic E-state index is 0.204. The second kappa shape index (κ2) is 6.79. The van der Waals surface area contributed by atoms with Gasteiger partial charge in [0.05, 0.1) is 27.2 Å². The van der Waals surface area contributed by atoms with Crippen LogP contribution in [-0.2, 0) is 15.6 Å². The number of para-hydroxylation sites is 1. The summed E-state index contributed by atoms with van der Waals surface area (Å²) in [6.07, 6.45) is 2.95. The van der Waals surface area contributed by atoms with Gasteiger partial charge in [-0.25, -0.2) is 17.4 Å². The molecular formula is C22H21N3O3S. The molecule has 6 nitrogen and oxygen atoms in total. The van der Waals surface area contributed by atoms with E-state index in [0.29, 0.717) is 27.9 Å². The van der Waals surface area contributed by atoms with E-state index in [1.807, 2.05) is 13.0 Å². The summed E-state index contributed by atoms with van der Waals surface area (Å²) in [5.41, 5.74) is 3.01. The van der Waals surface area contributed by atoms with Gasteiger partial charge in [0, 0.05) is 11.8 Å². The molecule has 1 N–H and O–H groups in total. The molecular weight excluding hydrogens is 386 g/mol. The van der Waals surface area contributed by atoms with Crippen LogP contribution in [0.1, 0.15) is 25.0 Å². The molecule has 7 heteroatoms. The van der Waals surface area contributed by atoms with E-state index >= 15 is 0 Å². The summed E-state index contributed by atoms with van der Waals surface area (Å²) in [5.74, 6) is 0. The first-order chi connectivity index (χ1) is 13.7. The SMILES string of the molecule is Cc1ccc(S(=O)(=O)n2cnc3c(-c4cc(C(C)(C)O)ccn4)cccc32)cc1. The Hall–Kier alpha value is -3.03. The smallest absolute Gasteiger partial charge is 0.269 e. The Morgan fingerprint density at radius 1 is 1.00 bits per heavy atom. The summed E-state index contributed by atoms with van der Waals surface area (Å²) in [4.78, 5) is 8.98. The molecule has 0 aliphatic carbocycles. The van der Waals surface area contributed by atoms with Gasteiger partial charge in [-0.05, 0) is 56.7 Å². The molecule has 0 bridgehead atoms. The fourth-order valence-electron chi connectivity index (χ4n) is 3.20. The molecule has 0 radical (unpaired) electrons. The second-order valence-electron chi connectivity index (χ2n) is 7.52.